The number of fused-ring (bicyclic) bond motifs is 1. The highest BCUT2D eigenvalue weighted by atomic mass is 79.9. The molecule has 138 valence electrons. The maximum absolute atomic E-state index is 12.7. The molecule has 2 N–H and O–H groups in total. The SMILES string of the molecule is C[C@@H]1Cc2cc(S(N)(=O)=O)ccc2N1C(=O)COc1ccc(Cl)cc1Br. The van der Waals surface area contributed by atoms with Crippen molar-refractivity contribution in [1.29, 1.82) is 0 Å². The highest BCUT2D eigenvalue weighted by Gasteiger charge is 2.32. The van der Waals surface area contributed by atoms with Crippen LogP contribution in [0.2, 0.25) is 5.02 Å². The number of benzene rings is 2. The molecule has 2 aromatic rings. The van der Waals surface area contributed by atoms with Crippen LogP contribution in [0.4, 0.5) is 5.69 Å². The number of halogens is 2. The molecule has 0 spiro atoms. The number of carbonyl (C=O) groups excluding carboxylic acids is 1. The third-order valence-corrected chi connectivity index (χ3v) is 5.87. The number of carbonyl (C=O) groups is 1. The van der Waals surface area contributed by atoms with E-state index in [-0.39, 0.29) is 23.5 Å². The Morgan fingerprint density at radius 3 is 2.73 bits per heavy atom. The van der Waals surface area contributed by atoms with Gasteiger partial charge < -0.3 is 9.64 Å². The van der Waals surface area contributed by atoms with Crippen LogP contribution >= 0.6 is 27.5 Å². The van der Waals surface area contributed by atoms with Gasteiger partial charge in [0.05, 0.1) is 9.37 Å². The summed E-state index contributed by atoms with van der Waals surface area (Å²) in [5.41, 5.74) is 1.44. The molecule has 1 atom stereocenters. The van der Waals surface area contributed by atoms with Gasteiger partial charge in [0.1, 0.15) is 5.75 Å². The predicted octanol–water partition coefficient (Wildman–Crippen LogP) is 3.11. The minimum Gasteiger partial charge on any atom is -0.483 e. The normalized spacial score (nSPS) is 16.5. The second-order valence-corrected chi connectivity index (χ2v) is 8.87. The van der Waals surface area contributed by atoms with Crippen LogP contribution in [0.15, 0.2) is 45.8 Å². The molecule has 1 aliphatic rings. The summed E-state index contributed by atoms with van der Waals surface area (Å²) in [6, 6.07) is 9.46. The molecule has 0 bridgehead atoms. The fourth-order valence-electron chi connectivity index (χ4n) is 2.97. The van der Waals surface area contributed by atoms with Crippen molar-refractivity contribution in [3.63, 3.8) is 0 Å². The van der Waals surface area contributed by atoms with Gasteiger partial charge in [0.2, 0.25) is 10.0 Å². The van der Waals surface area contributed by atoms with Crippen LogP contribution in [0, 0.1) is 0 Å². The molecule has 0 saturated heterocycles. The highest BCUT2D eigenvalue weighted by Crippen LogP contribution is 2.34. The summed E-state index contributed by atoms with van der Waals surface area (Å²) in [6.07, 6.45) is 0.551. The monoisotopic (exact) mass is 458 g/mol. The Bertz CT molecular complexity index is 981. The lowest BCUT2D eigenvalue weighted by atomic mass is 10.1. The van der Waals surface area contributed by atoms with Gasteiger partial charge in [0, 0.05) is 16.8 Å². The maximum Gasteiger partial charge on any atom is 0.265 e. The van der Waals surface area contributed by atoms with Crippen LogP contribution in [0.25, 0.3) is 0 Å². The number of sulfonamides is 1. The van der Waals surface area contributed by atoms with Crippen molar-refractivity contribution in [3.8, 4) is 5.75 Å². The van der Waals surface area contributed by atoms with Crippen LogP contribution in [-0.4, -0.2) is 27.0 Å². The van der Waals surface area contributed by atoms with Crippen LogP contribution < -0.4 is 14.8 Å². The van der Waals surface area contributed by atoms with E-state index >= 15 is 0 Å². The number of amides is 1. The summed E-state index contributed by atoms with van der Waals surface area (Å²) in [5.74, 6) is 0.292. The molecule has 0 aromatic heterocycles. The summed E-state index contributed by atoms with van der Waals surface area (Å²) >= 11 is 9.23. The third-order valence-electron chi connectivity index (χ3n) is 4.11. The quantitative estimate of drug-likeness (QED) is 0.761. The summed E-state index contributed by atoms with van der Waals surface area (Å²) in [5, 5.41) is 5.73. The van der Waals surface area contributed by atoms with Gasteiger partial charge in [-0.2, -0.15) is 0 Å². The average Bonchev–Trinajstić information content (AvgIpc) is 2.88. The van der Waals surface area contributed by atoms with Crippen molar-refractivity contribution < 1.29 is 17.9 Å². The Morgan fingerprint density at radius 2 is 2.08 bits per heavy atom. The molecule has 0 radical (unpaired) electrons. The third kappa shape index (κ3) is 3.88. The molecule has 3 rings (SSSR count). The van der Waals surface area contributed by atoms with Crippen molar-refractivity contribution >= 4 is 49.1 Å². The fourth-order valence-corrected chi connectivity index (χ4v) is 4.33. The second-order valence-electron chi connectivity index (χ2n) is 6.02. The standard InChI is InChI=1S/C17H16BrClN2O4S/c1-10-6-11-7-13(26(20,23)24)3-4-15(11)21(10)17(22)9-25-16-5-2-12(19)8-14(16)18/h2-5,7-8,10H,6,9H2,1H3,(H2,20,23,24)/t10-/m1/s1. The number of hydrogen-bond donors (Lipinski definition) is 1. The van der Waals surface area contributed by atoms with Crippen LogP contribution in [0.5, 0.6) is 5.75 Å². The lowest BCUT2D eigenvalue weighted by molar-refractivity contribution is -0.120. The van der Waals surface area contributed by atoms with E-state index in [1.54, 1.807) is 29.2 Å². The zero-order valence-electron chi connectivity index (χ0n) is 13.8. The Kier molecular flexibility index (Phi) is 5.30. The average molecular weight is 460 g/mol. The zero-order chi connectivity index (χ0) is 19.1. The first kappa shape index (κ1) is 19.2. The lowest BCUT2D eigenvalue weighted by Crippen LogP contribution is -2.39. The Labute approximate surface area is 165 Å². The van der Waals surface area contributed by atoms with E-state index in [0.29, 0.717) is 27.4 Å². The largest absolute Gasteiger partial charge is 0.483 e. The number of nitrogens with zero attached hydrogens (tertiary/aromatic N) is 1. The first-order valence-corrected chi connectivity index (χ1v) is 10.4. The Balaban J connectivity index is 1.79. The van der Waals surface area contributed by atoms with E-state index in [1.165, 1.54) is 12.1 Å². The van der Waals surface area contributed by atoms with E-state index in [1.807, 2.05) is 6.92 Å². The highest BCUT2D eigenvalue weighted by molar-refractivity contribution is 9.10. The van der Waals surface area contributed by atoms with E-state index in [9.17, 15) is 13.2 Å². The van der Waals surface area contributed by atoms with Gasteiger partial charge in [-0.15, -0.1) is 0 Å². The molecule has 2 aromatic carbocycles. The van der Waals surface area contributed by atoms with Crippen molar-refractivity contribution in [3.05, 3.63) is 51.5 Å². The van der Waals surface area contributed by atoms with Gasteiger partial charge in [-0.3, -0.25) is 4.79 Å². The first-order chi connectivity index (χ1) is 12.2. The first-order valence-electron chi connectivity index (χ1n) is 7.72. The topological polar surface area (TPSA) is 89.7 Å². The number of primary sulfonamides is 1. The van der Waals surface area contributed by atoms with Gasteiger partial charge in [-0.05, 0) is 71.2 Å². The van der Waals surface area contributed by atoms with Crippen molar-refractivity contribution in [1.82, 2.24) is 0 Å². The smallest absolute Gasteiger partial charge is 0.265 e. The van der Waals surface area contributed by atoms with Crippen molar-refractivity contribution in [2.75, 3.05) is 11.5 Å². The Morgan fingerprint density at radius 1 is 1.35 bits per heavy atom. The van der Waals surface area contributed by atoms with Gasteiger partial charge >= 0.3 is 0 Å². The molecule has 0 aliphatic carbocycles. The summed E-state index contributed by atoms with van der Waals surface area (Å²) in [6.45, 7) is 1.74. The van der Waals surface area contributed by atoms with Crippen LogP contribution in [0.3, 0.4) is 0 Å². The zero-order valence-corrected chi connectivity index (χ0v) is 16.9. The molecule has 6 nitrogen and oxygen atoms in total. The molecule has 1 amide bonds. The van der Waals surface area contributed by atoms with E-state index in [4.69, 9.17) is 21.5 Å². The number of nitrogens with two attached hydrogens (primary N) is 1. The van der Waals surface area contributed by atoms with Crippen molar-refractivity contribution in [2.45, 2.75) is 24.3 Å². The van der Waals surface area contributed by atoms with Crippen molar-refractivity contribution in [2.24, 2.45) is 5.14 Å². The number of hydrogen-bond acceptors (Lipinski definition) is 4. The number of anilines is 1. The molecular weight excluding hydrogens is 444 g/mol. The molecule has 1 aliphatic heterocycles. The summed E-state index contributed by atoms with van der Waals surface area (Å²) in [4.78, 5) is 14.3. The number of ether oxygens (including phenoxy) is 1. The molecule has 9 heteroatoms. The van der Waals surface area contributed by atoms with Gasteiger partial charge in [0.15, 0.2) is 6.61 Å². The molecule has 0 saturated carbocycles. The second kappa shape index (κ2) is 7.19. The molecule has 1 heterocycles. The molecule has 0 unspecified atom stereocenters. The van der Waals surface area contributed by atoms with Crippen LogP contribution in [-0.2, 0) is 21.2 Å². The molecular formula is C17H16BrClN2O4S. The Hall–Kier alpha value is -1.61. The minimum atomic E-state index is -3.78. The predicted molar refractivity (Wildman–Crippen MR) is 103 cm³/mol. The van der Waals surface area contributed by atoms with E-state index in [2.05, 4.69) is 15.9 Å². The van der Waals surface area contributed by atoms with Gasteiger partial charge in [0.25, 0.3) is 5.91 Å². The van der Waals surface area contributed by atoms with E-state index < -0.39 is 10.0 Å². The molecule has 26 heavy (non-hydrogen) atoms. The molecule has 0 fully saturated rings. The van der Waals surface area contributed by atoms with E-state index in [0.717, 1.165) is 5.56 Å². The summed E-state index contributed by atoms with van der Waals surface area (Å²) in [7, 11) is -3.78. The van der Waals surface area contributed by atoms with Crippen LogP contribution in [0.1, 0.15) is 12.5 Å². The van der Waals surface area contributed by atoms with Gasteiger partial charge in [-0.25, -0.2) is 13.6 Å². The summed E-state index contributed by atoms with van der Waals surface area (Å²) < 4.78 is 29.3. The lowest BCUT2D eigenvalue weighted by Gasteiger charge is -2.23. The fraction of sp³-hybridized carbons (Fsp3) is 0.235. The number of rotatable bonds is 4. The van der Waals surface area contributed by atoms with Gasteiger partial charge in [-0.1, -0.05) is 11.6 Å². The minimum absolute atomic E-state index is 0.0408. The maximum atomic E-state index is 12.7.